The number of Topliss-reactive ketones (excluding diaryl/α,β-unsaturated/α-hetero) is 1. The van der Waals surface area contributed by atoms with Crippen molar-refractivity contribution in [3.8, 4) is 5.75 Å². The molecule has 1 saturated heterocycles. The number of alkyl halides is 5. The van der Waals surface area contributed by atoms with E-state index < -0.39 is 83.4 Å². The van der Waals surface area contributed by atoms with Gasteiger partial charge in [0.15, 0.2) is 11.3 Å². The molecule has 1 aromatic rings. The lowest BCUT2D eigenvalue weighted by atomic mass is 9.84. The summed E-state index contributed by atoms with van der Waals surface area (Å²) in [5, 5.41) is 5.00. The quantitative estimate of drug-likeness (QED) is 0.309. The monoisotopic (exact) mass is 634 g/mol. The maximum Gasteiger partial charge on any atom is 0.417 e. The molecule has 246 valence electrons. The number of nitrogens with one attached hydrogen (secondary N) is 2. The van der Waals surface area contributed by atoms with Crippen LogP contribution in [-0.4, -0.2) is 77.6 Å². The van der Waals surface area contributed by atoms with Crippen molar-refractivity contribution in [2.45, 2.75) is 103 Å². The Balaban J connectivity index is 2.22. The first-order valence-electron chi connectivity index (χ1n) is 14.3. The van der Waals surface area contributed by atoms with Gasteiger partial charge in [0.1, 0.15) is 11.4 Å². The standard InChI is InChI=1S/C29H39F5N4O6/c1-16(2)36-28(10-8-9-12-38(28)25(42)44-26(3,4)5)21(39)17-14-19-20(15-18(17)29(32,33)34)43-27(6,7)24(41)37(19)13-11-35-23(40)22(30)31/h14-16,22,36H,8-13H2,1-7H3,(H,35,40). The van der Waals surface area contributed by atoms with E-state index in [2.05, 4.69) is 5.32 Å². The van der Waals surface area contributed by atoms with E-state index >= 15 is 0 Å². The van der Waals surface area contributed by atoms with Gasteiger partial charge >= 0.3 is 18.7 Å². The van der Waals surface area contributed by atoms with Gasteiger partial charge < -0.3 is 19.7 Å². The molecule has 1 fully saturated rings. The van der Waals surface area contributed by atoms with Crippen molar-refractivity contribution in [1.82, 2.24) is 15.5 Å². The number of hydrogen-bond donors (Lipinski definition) is 2. The van der Waals surface area contributed by atoms with Crippen molar-refractivity contribution < 1.29 is 50.6 Å². The Morgan fingerprint density at radius 1 is 1.09 bits per heavy atom. The molecule has 2 heterocycles. The number of benzene rings is 1. The lowest BCUT2D eigenvalue weighted by Crippen LogP contribution is -2.69. The molecule has 3 rings (SSSR count). The van der Waals surface area contributed by atoms with Gasteiger partial charge in [-0.15, -0.1) is 0 Å². The largest absolute Gasteiger partial charge is 0.476 e. The van der Waals surface area contributed by atoms with Crippen LogP contribution in [0.5, 0.6) is 5.75 Å². The number of ketones is 1. The zero-order valence-corrected chi connectivity index (χ0v) is 25.8. The zero-order chi connectivity index (χ0) is 33.4. The fourth-order valence-corrected chi connectivity index (χ4v) is 5.32. The highest BCUT2D eigenvalue weighted by atomic mass is 19.4. The molecule has 3 amide bonds. The number of nitrogens with zero attached hydrogens (tertiary/aromatic N) is 2. The lowest BCUT2D eigenvalue weighted by Gasteiger charge is -2.47. The number of ether oxygens (including phenoxy) is 2. The van der Waals surface area contributed by atoms with Crippen molar-refractivity contribution in [1.29, 1.82) is 0 Å². The van der Waals surface area contributed by atoms with Gasteiger partial charge in [-0.3, -0.25) is 24.6 Å². The topological polar surface area (TPSA) is 117 Å². The third kappa shape index (κ3) is 7.41. The Bertz CT molecular complexity index is 1290. The Morgan fingerprint density at radius 3 is 2.27 bits per heavy atom. The van der Waals surface area contributed by atoms with E-state index in [0.717, 1.165) is 15.9 Å². The number of fused-ring (bicyclic) bond motifs is 1. The second kappa shape index (κ2) is 12.5. The van der Waals surface area contributed by atoms with E-state index in [-0.39, 0.29) is 24.4 Å². The van der Waals surface area contributed by atoms with Crippen LogP contribution in [0.4, 0.5) is 32.4 Å². The van der Waals surface area contributed by atoms with Gasteiger partial charge in [0.2, 0.25) is 5.78 Å². The number of hydrogen-bond acceptors (Lipinski definition) is 7. The summed E-state index contributed by atoms with van der Waals surface area (Å²) >= 11 is 0. The number of carbonyl (C=O) groups is 4. The molecule has 2 aliphatic heterocycles. The Kier molecular flexibility index (Phi) is 9.93. The highest BCUT2D eigenvalue weighted by Crippen LogP contribution is 2.45. The van der Waals surface area contributed by atoms with Crippen LogP contribution >= 0.6 is 0 Å². The molecule has 0 bridgehead atoms. The van der Waals surface area contributed by atoms with Crippen LogP contribution in [0.15, 0.2) is 12.1 Å². The molecule has 0 aromatic heterocycles. The van der Waals surface area contributed by atoms with E-state index in [1.54, 1.807) is 34.6 Å². The number of amides is 3. The summed E-state index contributed by atoms with van der Waals surface area (Å²) in [4.78, 5) is 54.7. The third-order valence-electron chi connectivity index (χ3n) is 7.05. The number of anilines is 1. The van der Waals surface area contributed by atoms with E-state index in [9.17, 15) is 41.1 Å². The molecule has 2 N–H and O–H groups in total. The molecule has 1 atom stereocenters. The minimum absolute atomic E-state index is 0.0243. The molecule has 1 unspecified atom stereocenters. The van der Waals surface area contributed by atoms with E-state index in [1.165, 1.54) is 13.8 Å². The van der Waals surface area contributed by atoms with Crippen LogP contribution in [-0.2, 0) is 20.5 Å². The second-order valence-electron chi connectivity index (χ2n) is 12.6. The summed E-state index contributed by atoms with van der Waals surface area (Å²) < 4.78 is 80.4. The number of rotatable bonds is 8. The Morgan fingerprint density at radius 2 is 1.73 bits per heavy atom. The normalized spacial score (nSPS) is 20.4. The van der Waals surface area contributed by atoms with Crippen molar-refractivity contribution in [3.63, 3.8) is 0 Å². The summed E-state index contributed by atoms with van der Waals surface area (Å²) in [5.41, 5.74) is -6.97. The maximum absolute atomic E-state index is 14.6. The van der Waals surface area contributed by atoms with E-state index in [1.807, 2.05) is 5.32 Å². The smallest absolute Gasteiger partial charge is 0.417 e. The van der Waals surface area contributed by atoms with Crippen molar-refractivity contribution in [2.75, 3.05) is 24.5 Å². The molecular formula is C29H39F5N4O6. The molecule has 10 nitrogen and oxygen atoms in total. The fourth-order valence-electron chi connectivity index (χ4n) is 5.32. The zero-order valence-electron chi connectivity index (χ0n) is 25.8. The Hall–Kier alpha value is -3.49. The maximum atomic E-state index is 14.6. The van der Waals surface area contributed by atoms with Crippen molar-refractivity contribution >= 4 is 29.4 Å². The summed E-state index contributed by atoms with van der Waals surface area (Å²) in [6.45, 7) is 10.0. The molecule has 0 saturated carbocycles. The van der Waals surface area contributed by atoms with Gasteiger partial charge in [0, 0.05) is 31.2 Å². The first kappa shape index (κ1) is 35.0. The van der Waals surface area contributed by atoms with Gasteiger partial charge in [-0.1, -0.05) is 0 Å². The van der Waals surface area contributed by atoms with E-state index in [0.29, 0.717) is 18.9 Å². The number of carbonyl (C=O) groups excluding carboxylic acids is 4. The first-order valence-corrected chi connectivity index (χ1v) is 14.3. The first-order chi connectivity index (χ1) is 20.1. The van der Waals surface area contributed by atoms with Crippen LogP contribution in [0.3, 0.4) is 0 Å². The van der Waals surface area contributed by atoms with Crippen molar-refractivity contribution in [3.05, 3.63) is 23.3 Å². The third-order valence-corrected chi connectivity index (χ3v) is 7.05. The van der Waals surface area contributed by atoms with Gasteiger partial charge in [-0.2, -0.15) is 22.0 Å². The molecule has 44 heavy (non-hydrogen) atoms. The summed E-state index contributed by atoms with van der Waals surface area (Å²) in [5.74, 6) is -3.78. The predicted molar refractivity (Wildman–Crippen MR) is 150 cm³/mol. The predicted octanol–water partition coefficient (Wildman–Crippen LogP) is 4.89. The van der Waals surface area contributed by atoms with Gasteiger partial charge in [-0.05, 0) is 79.9 Å². The van der Waals surface area contributed by atoms with Gasteiger partial charge in [0.05, 0.1) is 11.3 Å². The summed E-state index contributed by atoms with van der Waals surface area (Å²) in [7, 11) is 0. The number of likely N-dealkylation sites (tertiary alicyclic amines) is 1. The highest BCUT2D eigenvalue weighted by molar-refractivity contribution is 6.09. The molecular weight excluding hydrogens is 595 g/mol. The lowest BCUT2D eigenvalue weighted by molar-refractivity contribution is -0.138. The van der Waals surface area contributed by atoms with Crippen LogP contribution < -0.4 is 20.3 Å². The molecule has 2 aliphatic rings. The van der Waals surface area contributed by atoms with Crippen LogP contribution in [0.1, 0.15) is 83.7 Å². The molecule has 0 spiro atoms. The Labute approximate surface area is 252 Å². The SMILES string of the molecule is CC(C)NC1(C(=O)c2cc3c(cc2C(F)(F)F)OC(C)(C)C(=O)N3CCNC(=O)C(F)F)CCCCN1C(=O)OC(C)(C)C. The molecule has 1 aromatic carbocycles. The summed E-state index contributed by atoms with van der Waals surface area (Å²) in [6.07, 6.45) is -8.41. The van der Waals surface area contributed by atoms with Crippen LogP contribution in [0.2, 0.25) is 0 Å². The fraction of sp³-hybridized carbons (Fsp3) is 0.655. The van der Waals surface area contributed by atoms with Crippen molar-refractivity contribution in [2.24, 2.45) is 0 Å². The average molecular weight is 635 g/mol. The number of halogens is 5. The molecule has 0 radical (unpaired) electrons. The number of piperidine rings is 1. The highest BCUT2D eigenvalue weighted by Gasteiger charge is 2.53. The van der Waals surface area contributed by atoms with Gasteiger partial charge in [-0.25, -0.2) is 4.79 Å². The minimum Gasteiger partial charge on any atom is -0.476 e. The second-order valence-corrected chi connectivity index (χ2v) is 12.6. The van der Waals surface area contributed by atoms with Crippen LogP contribution in [0, 0.1) is 0 Å². The summed E-state index contributed by atoms with van der Waals surface area (Å²) in [6, 6.07) is 1.02. The molecule has 0 aliphatic carbocycles. The van der Waals surface area contributed by atoms with Gasteiger partial charge in [0.25, 0.3) is 11.8 Å². The average Bonchev–Trinajstić information content (AvgIpc) is 2.87. The molecule has 15 heteroatoms. The van der Waals surface area contributed by atoms with E-state index in [4.69, 9.17) is 9.47 Å². The minimum atomic E-state index is -5.06. The van der Waals surface area contributed by atoms with Crippen LogP contribution in [0.25, 0.3) is 0 Å².